The summed E-state index contributed by atoms with van der Waals surface area (Å²) < 4.78 is 21.1. The lowest BCUT2D eigenvalue weighted by atomic mass is 10.2. The van der Waals surface area contributed by atoms with Crippen LogP contribution in [-0.4, -0.2) is 50.5 Å². The largest absolute Gasteiger partial charge is 0.491 e. The van der Waals surface area contributed by atoms with Crippen molar-refractivity contribution in [1.82, 2.24) is 0 Å². The van der Waals surface area contributed by atoms with E-state index >= 15 is 0 Å². The molecular weight excluding hydrogens is 342 g/mol. The second-order valence-corrected chi connectivity index (χ2v) is 5.50. The van der Waals surface area contributed by atoms with E-state index < -0.39 is 4.92 Å². The molecule has 146 valence electrons. The summed E-state index contributed by atoms with van der Waals surface area (Å²) in [5.74, 6) is 0.373. The lowest BCUT2D eigenvalue weighted by Crippen LogP contribution is -2.14. The zero-order chi connectivity index (χ0) is 19.0. The molecule has 1 aromatic carbocycles. The van der Waals surface area contributed by atoms with Crippen molar-refractivity contribution in [2.45, 2.75) is 32.6 Å². The Labute approximate surface area is 153 Å². The summed E-state index contributed by atoms with van der Waals surface area (Å²) in [7, 11) is 0. The molecule has 1 rings (SSSR count). The van der Waals surface area contributed by atoms with Gasteiger partial charge in [0.05, 0.1) is 31.4 Å². The maximum absolute atomic E-state index is 11.3. The Morgan fingerprint density at radius 3 is 2.19 bits per heavy atom. The van der Waals surface area contributed by atoms with Gasteiger partial charge in [0.15, 0.2) is 0 Å². The second kappa shape index (κ2) is 14.0. The van der Waals surface area contributed by atoms with E-state index in [0.717, 1.165) is 19.3 Å². The zero-order valence-electron chi connectivity index (χ0n) is 15.2. The molecule has 0 N–H and O–H groups in total. The summed E-state index contributed by atoms with van der Waals surface area (Å²) in [6, 6.07) is 5.87. The third kappa shape index (κ3) is 10.6. The Hall–Kier alpha value is -2.19. The molecular formula is C18H27NO7. The smallest absolute Gasteiger partial charge is 0.305 e. The average molecular weight is 369 g/mol. The average Bonchev–Trinajstić information content (AvgIpc) is 2.64. The molecule has 26 heavy (non-hydrogen) atoms. The number of non-ortho nitro benzene ring substituents is 1. The standard InChI is InChI=1S/C18H27NO7/c1-2-3-4-5-18(20)26-15-13-24-11-10-23-12-14-25-17-8-6-16(7-9-17)19(21)22/h6-9H,2-5,10-15H2,1H3. The highest BCUT2D eigenvalue weighted by Crippen LogP contribution is 2.16. The van der Waals surface area contributed by atoms with Crippen LogP contribution in [0.25, 0.3) is 0 Å². The number of nitrogens with zero attached hydrogens (tertiary/aromatic N) is 1. The molecule has 0 atom stereocenters. The van der Waals surface area contributed by atoms with Crippen LogP contribution in [-0.2, 0) is 19.0 Å². The van der Waals surface area contributed by atoms with E-state index in [1.54, 1.807) is 12.1 Å². The van der Waals surface area contributed by atoms with Crippen molar-refractivity contribution in [1.29, 1.82) is 0 Å². The Morgan fingerprint density at radius 1 is 0.962 bits per heavy atom. The summed E-state index contributed by atoms with van der Waals surface area (Å²) in [5.41, 5.74) is 0.0254. The van der Waals surface area contributed by atoms with Crippen LogP contribution in [0.3, 0.4) is 0 Å². The molecule has 8 nitrogen and oxygen atoms in total. The SMILES string of the molecule is CCCCCC(=O)OCCOCCOCCOc1ccc([N+](=O)[O-])cc1. The van der Waals surface area contributed by atoms with E-state index in [0.29, 0.717) is 45.2 Å². The number of ether oxygens (including phenoxy) is 4. The molecule has 0 spiro atoms. The highest BCUT2D eigenvalue weighted by Gasteiger charge is 2.04. The van der Waals surface area contributed by atoms with Crippen LogP contribution in [0, 0.1) is 10.1 Å². The first kappa shape index (κ1) is 21.9. The van der Waals surface area contributed by atoms with E-state index in [4.69, 9.17) is 18.9 Å². The Morgan fingerprint density at radius 2 is 1.58 bits per heavy atom. The van der Waals surface area contributed by atoms with Gasteiger partial charge in [0, 0.05) is 18.6 Å². The van der Waals surface area contributed by atoms with Gasteiger partial charge in [-0.3, -0.25) is 14.9 Å². The topological polar surface area (TPSA) is 97.1 Å². The van der Waals surface area contributed by atoms with E-state index in [2.05, 4.69) is 6.92 Å². The van der Waals surface area contributed by atoms with E-state index in [-0.39, 0.29) is 18.3 Å². The van der Waals surface area contributed by atoms with Crippen LogP contribution in [0.5, 0.6) is 5.75 Å². The highest BCUT2D eigenvalue weighted by atomic mass is 16.6. The molecule has 0 unspecified atom stereocenters. The molecule has 0 heterocycles. The number of benzene rings is 1. The summed E-state index contributed by atoms with van der Waals surface area (Å²) in [4.78, 5) is 21.4. The first-order valence-corrected chi connectivity index (χ1v) is 8.82. The zero-order valence-corrected chi connectivity index (χ0v) is 15.2. The molecule has 0 aromatic heterocycles. The molecule has 0 fully saturated rings. The summed E-state index contributed by atoms with van der Waals surface area (Å²) in [6.45, 7) is 4.23. The summed E-state index contributed by atoms with van der Waals surface area (Å²) in [5, 5.41) is 10.5. The third-order valence-electron chi connectivity index (χ3n) is 3.39. The number of nitro benzene ring substituents is 1. The van der Waals surface area contributed by atoms with Gasteiger partial charge in [0.2, 0.25) is 0 Å². The number of unbranched alkanes of at least 4 members (excludes halogenated alkanes) is 2. The molecule has 1 aromatic rings. The van der Waals surface area contributed by atoms with Crippen molar-refractivity contribution >= 4 is 11.7 Å². The van der Waals surface area contributed by atoms with E-state index in [1.165, 1.54) is 12.1 Å². The number of carbonyl (C=O) groups excluding carboxylic acids is 1. The van der Waals surface area contributed by atoms with Gasteiger partial charge >= 0.3 is 5.97 Å². The third-order valence-corrected chi connectivity index (χ3v) is 3.39. The fourth-order valence-corrected chi connectivity index (χ4v) is 2.01. The fourth-order valence-electron chi connectivity index (χ4n) is 2.01. The Bertz CT molecular complexity index is 519. The molecule has 0 saturated heterocycles. The van der Waals surface area contributed by atoms with Gasteiger partial charge in [-0.25, -0.2) is 0 Å². The van der Waals surface area contributed by atoms with Gasteiger partial charge < -0.3 is 18.9 Å². The first-order valence-electron chi connectivity index (χ1n) is 8.82. The van der Waals surface area contributed by atoms with Crippen molar-refractivity contribution in [2.24, 2.45) is 0 Å². The Balaban J connectivity index is 1.90. The molecule has 0 amide bonds. The van der Waals surface area contributed by atoms with Crippen LogP contribution in [0.1, 0.15) is 32.6 Å². The van der Waals surface area contributed by atoms with Gasteiger partial charge in [-0.1, -0.05) is 19.8 Å². The monoisotopic (exact) mass is 369 g/mol. The van der Waals surface area contributed by atoms with Crippen molar-refractivity contribution in [3.63, 3.8) is 0 Å². The number of rotatable bonds is 15. The number of esters is 1. The molecule has 0 radical (unpaired) electrons. The summed E-state index contributed by atoms with van der Waals surface area (Å²) in [6.07, 6.45) is 3.45. The minimum atomic E-state index is -0.458. The van der Waals surface area contributed by atoms with Gasteiger partial charge in [-0.05, 0) is 18.6 Å². The normalized spacial score (nSPS) is 10.5. The van der Waals surface area contributed by atoms with Crippen LogP contribution in [0.2, 0.25) is 0 Å². The summed E-state index contributed by atoms with van der Waals surface area (Å²) >= 11 is 0. The van der Waals surface area contributed by atoms with Crippen molar-refractivity contribution < 1.29 is 28.7 Å². The number of carbonyl (C=O) groups is 1. The van der Waals surface area contributed by atoms with Gasteiger partial charge in [-0.2, -0.15) is 0 Å². The van der Waals surface area contributed by atoms with Crippen LogP contribution < -0.4 is 4.74 Å². The minimum Gasteiger partial charge on any atom is -0.491 e. The molecule has 0 aliphatic carbocycles. The lowest BCUT2D eigenvalue weighted by molar-refractivity contribution is -0.384. The molecule has 8 heteroatoms. The van der Waals surface area contributed by atoms with E-state index in [1.807, 2.05) is 0 Å². The Kier molecular flexibility index (Phi) is 11.8. The highest BCUT2D eigenvalue weighted by molar-refractivity contribution is 5.69. The second-order valence-electron chi connectivity index (χ2n) is 5.50. The minimum absolute atomic E-state index is 0.0254. The van der Waals surface area contributed by atoms with Gasteiger partial charge in [-0.15, -0.1) is 0 Å². The first-order chi connectivity index (χ1) is 12.6. The van der Waals surface area contributed by atoms with Crippen molar-refractivity contribution in [3.8, 4) is 5.75 Å². The number of nitro groups is 1. The lowest BCUT2D eigenvalue weighted by Gasteiger charge is -2.08. The van der Waals surface area contributed by atoms with Gasteiger partial charge in [0.1, 0.15) is 19.0 Å². The predicted octanol–water partition coefficient (Wildman–Crippen LogP) is 3.13. The number of hydrogen-bond acceptors (Lipinski definition) is 7. The maximum atomic E-state index is 11.3. The predicted molar refractivity (Wildman–Crippen MR) is 95.3 cm³/mol. The molecule has 0 aliphatic heterocycles. The molecule has 0 aliphatic rings. The van der Waals surface area contributed by atoms with Crippen molar-refractivity contribution in [3.05, 3.63) is 34.4 Å². The molecule has 0 saturated carbocycles. The van der Waals surface area contributed by atoms with Crippen molar-refractivity contribution in [2.75, 3.05) is 39.6 Å². The van der Waals surface area contributed by atoms with Gasteiger partial charge in [0.25, 0.3) is 5.69 Å². The number of hydrogen-bond donors (Lipinski definition) is 0. The van der Waals surface area contributed by atoms with E-state index in [9.17, 15) is 14.9 Å². The van der Waals surface area contributed by atoms with Crippen LogP contribution >= 0.6 is 0 Å². The van der Waals surface area contributed by atoms with Crippen LogP contribution in [0.4, 0.5) is 5.69 Å². The fraction of sp³-hybridized carbons (Fsp3) is 0.611. The quantitative estimate of drug-likeness (QED) is 0.203. The van der Waals surface area contributed by atoms with Crippen LogP contribution in [0.15, 0.2) is 24.3 Å². The maximum Gasteiger partial charge on any atom is 0.305 e. The molecule has 0 bridgehead atoms.